The standard InChI is InChI=1S/C12H11BrFN3O2S/c13-10-5-9(2-3-11(10)14)17-20(18,19)12-4-1-8(6-15)7-16-12/h1-5,7,17H,6,15H2. The van der Waals surface area contributed by atoms with Crippen molar-refractivity contribution in [2.45, 2.75) is 11.6 Å². The van der Waals surface area contributed by atoms with Gasteiger partial charge in [0.15, 0.2) is 5.03 Å². The molecule has 0 aliphatic carbocycles. The summed E-state index contributed by atoms with van der Waals surface area (Å²) < 4.78 is 39.7. The number of halogens is 2. The first-order valence-corrected chi connectivity index (χ1v) is 7.83. The number of anilines is 1. The van der Waals surface area contributed by atoms with E-state index in [-0.39, 0.29) is 21.7 Å². The molecule has 0 aliphatic rings. The van der Waals surface area contributed by atoms with Crippen LogP contribution in [0, 0.1) is 5.82 Å². The molecule has 1 aromatic carbocycles. The Balaban J connectivity index is 2.27. The second-order valence-corrected chi connectivity index (χ2v) is 6.43. The first kappa shape index (κ1) is 14.9. The van der Waals surface area contributed by atoms with Gasteiger partial charge in [0.1, 0.15) is 5.82 Å². The van der Waals surface area contributed by atoms with Crippen molar-refractivity contribution >= 4 is 31.6 Å². The van der Waals surface area contributed by atoms with Gasteiger partial charge in [-0.25, -0.2) is 9.37 Å². The van der Waals surface area contributed by atoms with Crippen molar-refractivity contribution in [3.63, 3.8) is 0 Å². The summed E-state index contributed by atoms with van der Waals surface area (Å²) in [7, 11) is -3.81. The molecule has 8 heteroatoms. The van der Waals surface area contributed by atoms with Gasteiger partial charge in [-0.3, -0.25) is 4.72 Å². The van der Waals surface area contributed by atoms with Gasteiger partial charge in [0.25, 0.3) is 10.0 Å². The van der Waals surface area contributed by atoms with Crippen LogP contribution in [0.2, 0.25) is 0 Å². The van der Waals surface area contributed by atoms with Crippen LogP contribution in [0.25, 0.3) is 0 Å². The van der Waals surface area contributed by atoms with E-state index in [4.69, 9.17) is 5.73 Å². The highest BCUT2D eigenvalue weighted by Gasteiger charge is 2.16. The first-order chi connectivity index (χ1) is 9.42. The number of sulfonamides is 1. The minimum atomic E-state index is -3.81. The number of nitrogens with two attached hydrogens (primary N) is 1. The summed E-state index contributed by atoms with van der Waals surface area (Å²) >= 11 is 2.99. The van der Waals surface area contributed by atoms with Crippen LogP contribution in [-0.4, -0.2) is 13.4 Å². The third-order valence-corrected chi connectivity index (χ3v) is 4.38. The fraction of sp³-hybridized carbons (Fsp3) is 0.0833. The van der Waals surface area contributed by atoms with Gasteiger partial charge in [0.2, 0.25) is 0 Å². The summed E-state index contributed by atoms with van der Waals surface area (Å²) in [5.41, 5.74) is 6.39. The van der Waals surface area contributed by atoms with E-state index in [0.717, 1.165) is 11.6 Å². The van der Waals surface area contributed by atoms with Crippen molar-refractivity contribution in [3.05, 3.63) is 52.4 Å². The maximum atomic E-state index is 13.1. The molecule has 0 saturated carbocycles. The van der Waals surface area contributed by atoms with Crippen LogP contribution < -0.4 is 10.5 Å². The third kappa shape index (κ3) is 3.33. The van der Waals surface area contributed by atoms with Crippen LogP contribution in [0.5, 0.6) is 0 Å². The Bertz CT molecular complexity index is 720. The summed E-state index contributed by atoms with van der Waals surface area (Å²) in [4.78, 5) is 3.84. The van der Waals surface area contributed by atoms with E-state index in [9.17, 15) is 12.8 Å². The van der Waals surface area contributed by atoms with Gasteiger partial charge in [-0.15, -0.1) is 0 Å². The Morgan fingerprint density at radius 2 is 2.05 bits per heavy atom. The predicted octanol–water partition coefficient (Wildman–Crippen LogP) is 2.24. The van der Waals surface area contributed by atoms with E-state index in [0.29, 0.717) is 0 Å². The summed E-state index contributed by atoms with van der Waals surface area (Å²) in [5, 5.41) is -0.129. The largest absolute Gasteiger partial charge is 0.326 e. The highest BCUT2D eigenvalue weighted by Crippen LogP contribution is 2.22. The summed E-state index contributed by atoms with van der Waals surface area (Å²) in [6.07, 6.45) is 1.40. The second-order valence-electron chi connectivity index (χ2n) is 3.94. The zero-order valence-corrected chi connectivity index (χ0v) is 12.6. The second kappa shape index (κ2) is 5.86. The smallest absolute Gasteiger partial charge is 0.279 e. The molecule has 2 rings (SSSR count). The fourth-order valence-corrected chi connectivity index (χ4v) is 2.82. The van der Waals surface area contributed by atoms with Crippen molar-refractivity contribution in [2.75, 3.05) is 4.72 Å². The lowest BCUT2D eigenvalue weighted by Gasteiger charge is -2.08. The first-order valence-electron chi connectivity index (χ1n) is 5.55. The Labute approximate surface area is 124 Å². The number of rotatable bonds is 4. The van der Waals surface area contributed by atoms with Gasteiger partial charge in [0, 0.05) is 12.7 Å². The maximum absolute atomic E-state index is 13.1. The average molecular weight is 360 g/mol. The van der Waals surface area contributed by atoms with E-state index in [1.54, 1.807) is 6.07 Å². The molecule has 1 aromatic heterocycles. The molecule has 0 saturated heterocycles. The molecule has 0 amide bonds. The van der Waals surface area contributed by atoms with Gasteiger partial charge in [0.05, 0.1) is 10.2 Å². The third-order valence-electron chi connectivity index (χ3n) is 2.48. The van der Waals surface area contributed by atoms with Gasteiger partial charge < -0.3 is 5.73 Å². The maximum Gasteiger partial charge on any atom is 0.279 e. The number of nitrogens with one attached hydrogen (secondary N) is 1. The Hall–Kier alpha value is -1.51. The summed E-state index contributed by atoms with van der Waals surface area (Å²) in [5.74, 6) is -0.474. The average Bonchev–Trinajstić information content (AvgIpc) is 2.43. The van der Waals surface area contributed by atoms with Crippen LogP contribution in [0.1, 0.15) is 5.56 Å². The van der Waals surface area contributed by atoms with Crippen LogP contribution in [0.15, 0.2) is 46.0 Å². The minimum Gasteiger partial charge on any atom is -0.326 e. The van der Waals surface area contributed by atoms with Gasteiger partial charge in [-0.1, -0.05) is 6.07 Å². The molecule has 0 atom stereocenters. The van der Waals surface area contributed by atoms with Crippen LogP contribution in [0.4, 0.5) is 10.1 Å². The lowest BCUT2D eigenvalue weighted by atomic mass is 10.3. The molecule has 0 spiro atoms. The number of hydrogen-bond acceptors (Lipinski definition) is 4. The zero-order chi connectivity index (χ0) is 14.8. The Morgan fingerprint density at radius 3 is 2.60 bits per heavy atom. The molecule has 20 heavy (non-hydrogen) atoms. The monoisotopic (exact) mass is 359 g/mol. The van der Waals surface area contributed by atoms with Crippen LogP contribution >= 0.6 is 15.9 Å². The van der Waals surface area contributed by atoms with Crippen molar-refractivity contribution < 1.29 is 12.8 Å². The molecule has 106 valence electrons. The molecule has 0 fully saturated rings. The molecule has 0 bridgehead atoms. The SMILES string of the molecule is NCc1ccc(S(=O)(=O)Nc2ccc(F)c(Br)c2)nc1. The molecule has 5 nitrogen and oxygen atoms in total. The molecule has 0 unspecified atom stereocenters. The van der Waals surface area contributed by atoms with Crippen LogP contribution in [0.3, 0.4) is 0 Å². The molecule has 0 aliphatic heterocycles. The summed E-state index contributed by atoms with van der Waals surface area (Å²) in [6.45, 7) is 0.283. The topological polar surface area (TPSA) is 85.1 Å². The van der Waals surface area contributed by atoms with Crippen molar-refractivity contribution in [1.82, 2.24) is 4.98 Å². The number of hydrogen-bond donors (Lipinski definition) is 2. The normalized spacial score (nSPS) is 11.3. The Kier molecular flexibility index (Phi) is 4.36. The highest BCUT2D eigenvalue weighted by molar-refractivity contribution is 9.10. The number of nitrogens with zero attached hydrogens (tertiary/aromatic N) is 1. The van der Waals surface area contributed by atoms with Crippen molar-refractivity contribution in [1.29, 1.82) is 0 Å². The molecular formula is C12H11BrFN3O2S. The lowest BCUT2D eigenvalue weighted by Crippen LogP contribution is -2.14. The fourth-order valence-electron chi connectivity index (χ4n) is 1.46. The quantitative estimate of drug-likeness (QED) is 0.876. The van der Waals surface area contributed by atoms with Gasteiger partial charge >= 0.3 is 0 Å². The van der Waals surface area contributed by atoms with Gasteiger partial charge in [-0.05, 0) is 45.8 Å². The van der Waals surface area contributed by atoms with E-state index in [1.807, 2.05) is 0 Å². The van der Waals surface area contributed by atoms with Gasteiger partial charge in [-0.2, -0.15) is 8.42 Å². The lowest BCUT2D eigenvalue weighted by molar-refractivity contribution is 0.597. The highest BCUT2D eigenvalue weighted by atomic mass is 79.9. The zero-order valence-electron chi connectivity index (χ0n) is 10.2. The van der Waals surface area contributed by atoms with Crippen molar-refractivity contribution in [3.8, 4) is 0 Å². The molecule has 1 heterocycles. The van der Waals surface area contributed by atoms with E-state index >= 15 is 0 Å². The Morgan fingerprint density at radius 1 is 1.30 bits per heavy atom. The number of pyridine rings is 1. The minimum absolute atomic E-state index is 0.129. The predicted molar refractivity (Wildman–Crippen MR) is 77.0 cm³/mol. The molecular weight excluding hydrogens is 349 g/mol. The van der Waals surface area contributed by atoms with Crippen LogP contribution in [-0.2, 0) is 16.6 Å². The number of benzene rings is 1. The molecule has 0 radical (unpaired) electrons. The summed E-state index contributed by atoms with van der Waals surface area (Å²) in [6, 6.07) is 6.77. The van der Waals surface area contributed by atoms with E-state index in [2.05, 4.69) is 25.6 Å². The van der Waals surface area contributed by atoms with Crippen molar-refractivity contribution in [2.24, 2.45) is 5.73 Å². The van der Waals surface area contributed by atoms with E-state index in [1.165, 1.54) is 24.4 Å². The number of aromatic nitrogens is 1. The van der Waals surface area contributed by atoms with E-state index < -0.39 is 15.8 Å². The molecule has 2 aromatic rings. The molecule has 3 N–H and O–H groups in total.